The van der Waals surface area contributed by atoms with Crippen LogP contribution in [0.15, 0.2) is 60.9 Å². The minimum absolute atomic E-state index is 0.0978. The molecule has 0 radical (unpaired) electrons. The predicted molar refractivity (Wildman–Crippen MR) is 100 cm³/mol. The van der Waals surface area contributed by atoms with Crippen LogP contribution in [0.25, 0.3) is 0 Å². The van der Waals surface area contributed by atoms with Gasteiger partial charge in [0.1, 0.15) is 5.78 Å². The lowest BCUT2D eigenvalue weighted by atomic mass is 10.2. The number of carbonyl (C=O) groups excluding carboxylic acids is 2. The van der Waals surface area contributed by atoms with Gasteiger partial charge in [-0.05, 0) is 31.8 Å². The van der Waals surface area contributed by atoms with E-state index >= 15 is 0 Å². The zero-order chi connectivity index (χ0) is 17.9. The number of carbonyl (C=O) groups is 2. The summed E-state index contributed by atoms with van der Waals surface area (Å²) in [7, 11) is 0. The third kappa shape index (κ3) is 16.2. The molecule has 0 aliphatic heterocycles. The molecular formula is C21H30O3. The fourth-order valence-electron chi connectivity index (χ4n) is 1.70. The maximum atomic E-state index is 11.6. The average molecular weight is 330 g/mol. The number of rotatable bonds is 13. The molecule has 0 aromatic rings. The molecular weight excluding hydrogens is 300 g/mol. The molecule has 0 unspecified atom stereocenters. The van der Waals surface area contributed by atoms with Gasteiger partial charge in [0, 0.05) is 12.8 Å². The van der Waals surface area contributed by atoms with Crippen LogP contribution in [0.4, 0.5) is 0 Å². The normalized spacial score (nSPS) is 12.4. The smallest absolute Gasteiger partial charge is 0.314 e. The van der Waals surface area contributed by atoms with Gasteiger partial charge in [-0.1, -0.05) is 62.5 Å². The average Bonchev–Trinajstić information content (AvgIpc) is 2.58. The third-order valence-corrected chi connectivity index (χ3v) is 2.95. The maximum absolute atomic E-state index is 11.6. The SMILES string of the molecule is CC/C=C/C/C=C/CC(=O)C/C=C/OC(=O)C/C=C/C/C=C/CC. The van der Waals surface area contributed by atoms with Gasteiger partial charge in [0.05, 0.1) is 12.7 Å². The molecule has 0 spiro atoms. The minimum atomic E-state index is -0.322. The Morgan fingerprint density at radius 2 is 1.17 bits per heavy atom. The van der Waals surface area contributed by atoms with Gasteiger partial charge in [0.2, 0.25) is 0 Å². The first-order chi connectivity index (χ1) is 11.7. The molecule has 0 amide bonds. The largest absolute Gasteiger partial charge is 0.435 e. The number of ether oxygens (including phenoxy) is 1. The van der Waals surface area contributed by atoms with Crippen molar-refractivity contribution in [2.45, 2.75) is 58.8 Å². The molecule has 0 aliphatic rings. The van der Waals surface area contributed by atoms with E-state index in [2.05, 4.69) is 38.2 Å². The lowest BCUT2D eigenvalue weighted by Gasteiger charge is -1.95. The van der Waals surface area contributed by atoms with Crippen molar-refractivity contribution in [2.24, 2.45) is 0 Å². The summed E-state index contributed by atoms with van der Waals surface area (Å²) in [6, 6.07) is 0. The van der Waals surface area contributed by atoms with Gasteiger partial charge in [-0.25, -0.2) is 0 Å². The molecule has 0 aromatic heterocycles. The van der Waals surface area contributed by atoms with Crippen molar-refractivity contribution < 1.29 is 14.3 Å². The summed E-state index contributed by atoms with van der Waals surface area (Å²) in [6.07, 6.45) is 23.4. The lowest BCUT2D eigenvalue weighted by Crippen LogP contribution is -1.97. The van der Waals surface area contributed by atoms with Crippen LogP contribution in [0.1, 0.15) is 58.8 Å². The zero-order valence-electron chi connectivity index (χ0n) is 14.9. The van der Waals surface area contributed by atoms with Gasteiger partial charge in [-0.15, -0.1) is 0 Å². The van der Waals surface area contributed by atoms with E-state index in [4.69, 9.17) is 4.74 Å². The van der Waals surface area contributed by atoms with E-state index in [-0.39, 0.29) is 24.6 Å². The highest BCUT2D eigenvalue weighted by Gasteiger charge is 1.97. The molecule has 0 heterocycles. The number of esters is 1. The monoisotopic (exact) mass is 330 g/mol. The second-order valence-corrected chi connectivity index (χ2v) is 5.19. The first-order valence-electron chi connectivity index (χ1n) is 8.66. The lowest BCUT2D eigenvalue weighted by molar-refractivity contribution is -0.137. The predicted octanol–water partition coefficient (Wildman–Crippen LogP) is 5.61. The van der Waals surface area contributed by atoms with Gasteiger partial charge >= 0.3 is 5.97 Å². The molecule has 0 rings (SSSR count). The van der Waals surface area contributed by atoms with E-state index in [0.29, 0.717) is 6.42 Å². The summed E-state index contributed by atoms with van der Waals surface area (Å²) < 4.78 is 4.92. The van der Waals surface area contributed by atoms with E-state index in [9.17, 15) is 9.59 Å². The molecule has 0 saturated carbocycles. The van der Waals surface area contributed by atoms with E-state index < -0.39 is 0 Å². The van der Waals surface area contributed by atoms with Crippen LogP contribution in [-0.2, 0) is 14.3 Å². The Balaban J connectivity index is 3.75. The van der Waals surface area contributed by atoms with Gasteiger partial charge in [0.15, 0.2) is 0 Å². The Morgan fingerprint density at radius 3 is 1.75 bits per heavy atom. The maximum Gasteiger partial charge on any atom is 0.314 e. The summed E-state index contributed by atoms with van der Waals surface area (Å²) in [6.45, 7) is 4.17. The van der Waals surface area contributed by atoms with E-state index in [1.165, 1.54) is 6.26 Å². The van der Waals surface area contributed by atoms with Gasteiger partial charge in [0.25, 0.3) is 0 Å². The first-order valence-corrected chi connectivity index (χ1v) is 8.66. The van der Waals surface area contributed by atoms with E-state index in [0.717, 1.165) is 25.7 Å². The Morgan fingerprint density at radius 1 is 0.667 bits per heavy atom. The molecule has 0 N–H and O–H groups in total. The second-order valence-electron chi connectivity index (χ2n) is 5.19. The summed E-state index contributed by atoms with van der Waals surface area (Å²) in [5.41, 5.74) is 0. The molecule has 0 bridgehead atoms. The van der Waals surface area contributed by atoms with Crippen LogP contribution in [0.3, 0.4) is 0 Å². The second kappa shape index (κ2) is 17.2. The van der Waals surface area contributed by atoms with Crippen LogP contribution in [0.2, 0.25) is 0 Å². The zero-order valence-corrected chi connectivity index (χ0v) is 14.9. The Hall–Kier alpha value is -2.16. The first kappa shape index (κ1) is 21.8. The molecule has 24 heavy (non-hydrogen) atoms. The fraction of sp³-hybridized carbons (Fsp3) is 0.429. The van der Waals surface area contributed by atoms with Gasteiger partial charge < -0.3 is 4.74 Å². The third-order valence-electron chi connectivity index (χ3n) is 2.95. The number of hydrogen-bond acceptors (Lipinski definition) is 3. The number of allylic oxidation sites excluding steroid dienone is 8. The van der Waals surface area contributed by atoms with Crippen LogP contribution >= 0.6 is 0 Å². The number of hydrogen-bond donors (Lipinski definition) is 0. The highest BCUT2D eigenvalue weighted by molar-refractivity contribution is 5.81. The molecule has 132 valence electrons. The van der Waals surface area contributed by atoms with Gasteiger partial charge in [-0.3, -0.25) is 9.59 Å². The molecule has 0 aliphatic carbocycles. The van der Waals surface area contributed by atoms with Crippen LogP contribution < -0.4 is 0 Å². The van der Waals surface area contributed by atoms with Crippen molar-refractivity contribution in [3.05, 3.63) is 60.9 Å². The molecule has 3 nitrogen and oxygen atoms in total. The molecule has 0 fully saturated rings. The van der Waals surface area contributed by atoms with Crippen molar-refractivity contribution in [1.82, 2.24) is 0 Å². The summed E-state index contributed by atoms with van der Waals surface area (Å²) in [5, 5.41) is 0. The Kier molecular flexibility index (Phi) is 15.7. The highest BCUT2D eigenvalue weighted by Crippen LogP contribution is 1.98. The summed E-state index contributed by atoms with van der Waals surface area (Å²) in [5.74, 6) is -0.224. The Bertz CT molecular complexity index is 435. The van der Waals surface area contributed by atoms with Crippen LogP contribution in [0.5, 0.6) is 0 Å². The number of Topliss-reactive ketones (excluding diaryl/α,β-unsaturated/α-hetero) is 1. The van der Waals surface area contributed by atoms with Crippen molar-refractivity contribution in [2.75, 3.05) is 0 Å². The van der Waals surface area contributed by atoms with Crippen molar-refractivity contribution in [1.29, 1.82) is 0 Å². The van der Waals surface area contributed by atoms with E-state index in [1.54, 1.807) is 12.2 Å². The Labute approximate surface area is 146 Å². The highest BCUT2D eigenvalue weighted by atomic mass is 16.5. The van der Waals surface area contributed by atoms with Crippen LogP contribution in [0, 0.1) is 0 Å². The topological polar surface area (TPSA) is 43.4 Å². The molecule has 3 heteroatoms. The minimum Gasteiger partial charge on any atom is -0.435 e. The van der Waals surface area contributed by atoms with Crippen molar-refractivity contribution in [3.8, 4) is 0 Å². The van der Waals surface area contributed by atoms with Crippen molar-refractivity contribution >= 4 is 11.8 Å². The van der Waals surface area contributed by atoms with Crippen LogP contribution in [-0.4, -0.2) is 11.8 Å². The van der Waals surface area contributed by atoms with Gasteiger partial charge in [-0.2, -0.15) is 0 Å². The fourth-order valence-corrected chi connectivity index (χ4v) is 1.70. The molecule has 0 atom stereocenters. The summed E-state index contributed by atoms with van der Waals surface area (Å²) >= 11 is 0. The van der Waals surface area contributed by atoms with Crippen molar-refractivity contribution in [3.63, 3.8) is 0 Å². The molecule has 0 saturated heterocycles. The standard InChI is InChI=1S/C21H30O3/c1-3-5-7-9-11-13-16-20(22)17-15-19-24-21(23)18-14-12-10-8-6-4-2/h5-8,11-15,19H,3-4,9-10,16-18H2,1-2H3/b7-5+,8-6+,13-11+,14-12+,19-15+. The number of ketones is 1. The molecule has 0 aromatic carbocycles. The van der Waals surface area contributed by atoms with E-state index in [1.807, 2.05) is 18.2 Å². The quantitative estimate of drug-likeness (QED) is 0.250. The summed E-state index contributed by atoms with van der Waals surface area (Å²) in [4.78, 5) is 23.0.